The van der Waals surface area contributed by atoms with Crippen LogP contribution in [0.25, 0.3) is 15.6 Å². The zero-order chi connectivity index (χ0) is 17.1. The number of benzene rings is 1. The molecular formula is C18H18FN3OS. The maximum atomic E-state index is 13.2. The molecule has 24 heavy (non-hydrogen) atoms. The molecule has 0 saturated carbocycles. The number of hydrogen-bond donors (Lipinski definition) is 1. The van der Waals surface area contributed by atoms with Gasteiger partial charge >= 0.3 is 0 Å². The molecule has 3 aromatic rings. The van der Waals surface area contributed by atoms with Crippen molar-refractivity contribution in [3.63, 3.8) is 0 Å². The van der Waals surface area contributed by atoms with Crippen LogP contribution in [0.15, 0.2) is 48.8 Å². The zero-order valence-corrected chi connectivity index (χ0v) is 14.3. The lowest BCUT2D eigenvalue weighted by Gasteiger charge is -2.07. The molecule has 124 valence electrons. The van der Waals surface area contributed by atoms with Crippen LogP contribution in [-0.2, 0) is 0 Å². The first-order chi connectivity index (χ1) is 11.5. The van der Waals surface area contributed by atoms with Crippen molar-refractivity contribution in [3.8, 4) is 15.6 Å². The maximum absolute atomic E-state index is 13.2. The lowest BCUT2D eigenvalue weighted by Crippen LogP contribution is -2.28. The number of rotatable bonds is 5. The van der Waals surface area contributed by atoms with Crippen molar-refractivity contribution in [2.45, 2.75) is 13.8 Å². The zero-order valence-electron chi connectivity index (χ0n) is 13.5. The van der Waals surface area contributed by atoms with Gasteiger partial charge in [0.2, 0.25) is 0 Å². The third-order valence-electron chi connectivity index (χ3n) is 3.43. The SMILES string of the molecule is CC(C)CNC(=O)c1nc(-n2cccc2)sc1-c1ccc(F)cc1. The summed E-state index contributed by atoms with van der Waals surface area (Å²) in [4.78, 5) is 17.8. The van der Waals surface area contributed by atoms with Gasteiger partial charge in [0, 0.05) is 18.9 Å². The van der Waals surface area contributed by atoms with E-state index in [-0.39, 0.29) is 11.7 Å². The van der Waals surface area contributed by atoms with Crippen molar-refractivity contribution in [1.82, 2.24) is 14.9 Å². The quantitative estimate of drug-likeness (QED) is 0.757. The van der Waals surface area contributed by atoms with Gasteiger partial charge in [0.1, 0.15) is 11.5 Å². The molecule has 0 spiro atoms. The van der Waals surface area contributed by atoms with Crippen molar-refractivity contribution in [3.05, 3.63) is 60.3 Å². The van der Waals surface area contributed by atoms with Crippen molar-refractivity contribution >= 4 is 17.2 Å². The highest BCUT2D eigenvalue weighted by Gasteiger charge is 2.20. The highest BCUT2D eigenvalue weighted by atomic mass is 32.1. The molecule has 4 nitrogen and oxygen atoms in total. The highest BCUT2D eigenvalue weighted by Crippen LogP contribution is 2.32. The number of aromatic nitrogens is 2. The number of nitrogens with zero attached hydrogens (tertiary/aromatic N) is 2. The number of amides is 1. The molecule has 0 fully saturated rings. The lowest BCUT2D eigenvalue weighted by molar-refractivity contribution is 0.0945. The molecule has 2 heterocycles. The van der Waals surface area contributed by atoms with E-state index in [0.717, 1.165) is 10.4 Å². The van der Waals surface area contributed by atoms with Gasteiger partial charge in [-0.2, -0.15) is 0 Å². The second kappa shape index (κ2) is 6.97. The van der Waals surface area contributed by atoms with E-state index in [1.807, 2.05) is 42.9 Å². The molecule has 0 unspecified atom stereocenters. The number of carbonyl (C=O) groups is 1. The van der Waals surface area contributed by atoms with Gasteiger partial charge in [-0.05, 0) is 35.7 Å². The number of hydrogen-bond acceptors (Lipinski definition) is 3. The van der Waals surface area contributed by atoms with Gasteiger partial charge in [-0.3, -0.25) is 4.79 Å². The van der Waals surface area contributed by atoms with E-state index >= 15 is 0 Å². The summed E-state index contributed by atoms with van der Waals surface area (Å²) in [6.07, 6.45) is 3.76. The van der Waals surface area contributed by atoms with Crippen LogP contribution in [0, 0.1) is 11.7 Å². The minimum Gasteiger partial charge on any atom is -0.350 e. The van der Waals surface area contributed by atoms with Crippen molar-refractivity contribution in [2.75, 3.05) is 6.54 Å². The van der Waals surface area contributed by atoms with E-state index in [0.29, 0.717) is 23.3 Å². The molecular weight excluding hydrogens is 325 g/mol. The predicted octanol–water partition coefficient (Wildman–Crippen LogP) is 4.13. The van der Waals surface area contributed by atoms with Crippen molar-refractivity contribution in [2.24, 2.45) is 5.92 Å². The van der Waals surface area contributed by atoms with Gasteiger partial charge in [0.25, 0.3) is 5.91 Å². The Bertz CT molecular complexity index is 823. The summed E-state index contributed by atoms with van der Waals surface area (Å²) in [5.74, 6) is -0.164. The van der Waals surface area contributed by atoms with Gasteiger partial charge in [-0.1, -0.05) is 37.3 Å². The Labute approximate surface area is 144 Å². The van der Waals surface area contributed by atoms with Crippen LogP contribution in [0.1, 0.15) is 24.3 Å². The smallest absolute Gasteiger partial charge is 0.271 e. The average Bonchev–Trinajstić information content (AvgIpc) is 3.22. The van der Waals surface area contributed by atoms with Crippen molar-refractivity contribution in [1.29, 1.82) is 0 Å². The summed E-state index contributed by atoms with van der Waals surface area (Å²) in [6.45, 7) is 4.65. The first-order valence-corrected chi connectivity index (χ1v) is 8.54. The molecule has 1 amide bonds. The number of halogens is 1. The average molecular weight is 343 g/mol. The highest BCUT2D eigenvalue weighted by molar-refractivity contribution is 7.17. The van der Waals surface area contributed by atoms with Crippen LogP contribution < -0.4 is 5.32 Å². The molecule has 0 radical (unpaired) electrons. The normalized spacial score (nSPS) is 11.0. The summed E-state index contributed by atoms with van der Waals surface area (Å²) in [7, 11) is 0. The summed E-state index contributed by atoms with van der Waals surface area (Å²) in [5, 5.41) is 3.60. The number of carbonyl (C=O) groups excluding carboxylic acids is 1. The summed E-state index contributed by atoms with van der Waals surface area (Å²) >= 11 is 1.41. The summed E-state index contributed by atoms with van der Waals surface area (Å²) in [6, 6.07) is 9.92. The van der Waals surface area contributed by atoms with Crippen LogP contribution in [0.5, 0.6) is 0 Å². The molecule has 0 aliphatic heterocycles. The first kappa shape index (κ1) is 16.4. The van der Waals surface area contributed by atoms with E-state index in [1.165, 1.54) is 23.5 Å². The second-order valence-electron chi connectivity index (χ2n) is 5.88. The molecule has 3 rings (SSSR count). The standard InChI is InChI=1S/C18H18FN3OS/c1-12(2)11-20-17(23)15-16(13-5-7-14(19)8-6-13)24-18(21-15)22-9-3-4-10-22/h3-10,12H,11H2,1-2H3,(H,20,23). The second-order valence-corrected chi connectivity index (χ2v) is 6.85. The van der Waals surface area contributed by atoms with E-state index < -0.39 is 0 Å². The largest absolute Gasteiger partial charge is 0.350 e. The fraction of sp³-hybridized carbons (Fsp3) is 0.222. The predicted molar refractivity (Wildman–Crippen MR) is 94.0 cm³/mol. The van der Waals surface area contributed by atoms with Gasteiger partial charge in [-0.15, -0.1) is 0 Å². The molecule has 1 N–H and O–H groups in total. The fourth-order valence-corrected chi connectivity index (χ4v) is 3.25. The van der Waals surface area contributed by atoms with Gasteiger partial charge in [0.15, 0.2) is 5.13 Å². The summed E-state index contributed by atoms with van der Waals surface area (Å²) in [5.41, 5.74) is 1.15. The van der Waals surface area contributed by atoms with Gasteiger partial charge < -0.3 is 9.88 Å². The van der Waals surface area contributed by atoms with Crippen LogP contribution in [0.3, 0.4) is 0 Å². The topological polar surface area (TPSA) is 46.9 Å². The minimum absolute atomic E-state index is 0.210. The van der Waals surface area contributed by atoms with Gasteiger partial charge in [0.05, 0.1) is 4.88 Å². The molecule has 1 aromatic carbocycles. The molecule has 0 aliphatic carbocycles. The van der Waals surface area contributed by atoms with Gasteiger partial charge in [-0.25, -0.2) is 9.37 Å². The Balaban J connectivity index is 2.01. The van der Waals surface area contributed by atoms with E-state index in [2.05, 4.69) is 10.3 Å². The molecule has 0 atom stereocenters. The number of nitrogens with one attached hydrogen (secondary N) is 1. The maximum Gasteiger partial charge on any atom is 0.271 e. The Morgan fingerprint density at radius 2 is 1.92 bits per heavy atom. The molecule has 6 heteroatoms. The lowest BCUT2D eigenvalue weighted by atomic mass is 10.1. The van der Waals surface area contributed by atoms with Crippen LogP contribution >= 0.6 is 11.3 Å². The molecule has 0 bridgehead atoms. The van der Waals surface area contributed by atoms with Crippen LogP contribution in [-0.4, -0.2) is 22.0 Å². The molecule has 0 aliphatic rings. The third-order valence-corrected chi connectivity index (χ3v) is 4.55. The number of thiazole rings is 1. The van der Waals surface area contributed by atoms with Crippen LogP contribution in [0.4, 0.5) is 4.39 Å². The fourth-order valence-electron chi connectivity index (χ4n) is 2.21. The monoisotopic (exact) mass is 343 g/mol. The van der Waals surface area contributed by atoms with E-state index in [4.69, 9.17) is 0 Å². The third kappa shape index (κ3) is 3.54. The minimum atomic E-state index is -0.306. The first-order valence-electron chi connectivity index (χ1n) is 7.73. The van der Waals surface area contributed by atoms with E-state index in [1.54, 1.807) is 12.1 Å². The van der Waals surface area contributed by atoms with Crippen LogP contribution in [0.2, 0.25) is 0 Å². The Hall–Kier alpha value is -2.47. The molecule has 0 saturated heterocycles. The summed E-state index contributed by atoms with van der Waals surface area (Å²) < 4.78 is 15.1. The Kier molecular flexibility index (Phi) is 4.76. The molecule has 2 aromatic heterocycles. The van der Waals surface area contributed by atoms with Crippen molar-refractivity contribution < 1.29 is 9.18 Å². The Morgan fingerprint density at radius 3 is 2.54 bits per heavy atom. The van der Waals surface area contributed by atoms with E-state index in [9.17, 15) is 9.18 Å². The Morgan fingerprint density at radius 1 is 1.25 bits per heavy atom.